The number of hydrogen-bond acceptors (Lipinski definition) is 3. The SMILES string of the molecule is Cn1cc(-c2cc(N3CCCC(C(F)(F)F)C3)ccc2N)cn1. The van der Waals surface area contributed by atoms with Gasteiger partial charge in [-0.1, -0.05) is 0 Å². The Hall–Kier alpha value is -2.18. The van der Waals surface area contributed by atoms with Crippen LogP contribution in [0.25, 0.3) is 11.1 Å². The van der Waals surface area contributed by atoms with Gasteiger partial charge >= 0.3 is 6.18 Å². The van der Waals surface area contributed by atoms with Gasteiger partial charge in [-0.25, -0.2) is 0 Å². The fourth-order valence-electron chi connectivity index (χ4n) is 3.03. The molecule has 2 N–H and O–H groups in total. The summed E-state index contributed by atoms with van der Waals surface area (Å²) in [5, 5.41) is 4.12. The molecule has 0 radical (unpaired) electrons. The molecular weight excluding hydrogens is 305 g/mol. The molecular formula is C16H19F3N4. The first-order valence-corrected chi connectivity index (χ1v) is 7.55. The Morgan fingerprint density at radius 3 is 2.74 bits per heavy atom. The molecule has 7 heteroatoms. The zero-order valence-electron chi connectivity index (χ0n) is 12.8. The van der Waals surface area contributed by atoms with Gasteiger partial charge in [0, 0.05) is 48.8 Å². The van der Waals surface area contributed by atoms with Crippen LogP contribution in [0, 0.1) is 5.92 Å². The summed E-state index contributed by atoms with van der Waals surface area (Å²) in [6.07, 6.45) is 0.133. The van der Waals surface area contributed by atoms with Crippen LogP contribution in [-0.2, 0) is 7.05 Å². The normalized spacial score (nSPS) is 19.1. The number of halogens is 3. The van der Waals surface area contributed by atoms with E-state index in [4.69, 9.17) is 5.73 Å². The molecule has 0 bridgehead atoms. The number of nitrogen functional groups attached to an aromatic ring is 1. The van der Waals surface area contributed by atoms with E-state index in [1.54, 1.807) is 27.9 Å². The van der Waals surface area contributed by atoms with E-state index in [2.05, 4.69) is 5.10 Å². The number of aromatic nitrogens is 2. The lowest BCUT2D eigenvalue weighted by Crippen LogP contribution is -2.41. The second kappa shape index (κ2) is 5.79. The van der Waals surface area contributed by atoms with E-state index in [-0.39, 0.29) is 13.0 Å². The van der Waals surface area contributed by atoms with Gasteiger partial charge in [-0.05, 0) is 31.0 Å². The molecule has 124 valence electrons. The summed E-state index contributed by atoms with van der Waals surface area (Å²) in [7, 11) is 1.81. The summed E-state index contributed by atoms with van der Waals surface area (Å²) < 4.78 is 40.6. The quantitative estimate of drug-likeness (QED) is 0.861. The summed E-state index contributed by atoms with van der Waals surface area (Å²) >= 11 is 0. The number of rotatable bonds is 2. The van der Waals surface area contributed by atoms with Crippen molar-refractivity contribution in [3.63, 3.8) is 0 Å². The van der Waals surface area contributed by atoms with Crippen molar-refractivity contribution in [3.05, 3.63) is 30.6 Å². The van der Waals surface area contributed by atoms with E-state index in [9.17, 15) is 13.2 Å². The number of piperidine rings is 1. The molecule has 0 spiro atoms. The molecule has 4 nitrogen and oxygen atoms in total. The molecule has 1 saturated heterocycles. The number of hydrogen-bond donors (Lipinski definition) is 1. The fourth-order valence-corrected chi connectivity index (χ4v) is 3.03. The lowest BCUT2D eigenvalue weighted by atomic mass is 9.96. The highest BCUT2D eigenvalue weighted by atomic mass is 19.4. The van der Waals surface area contributed by atoms with Crippen molar-refractivity contribution in [2.24, 2.45) is 13.0 Å². The average Bonchev–Trinajstić information content (AvgIpc) is 2.93. The molecule has 1 aromatic heterocycles. The number of aryl methyl sites for hydroxylation is 1. The third kappa shape index (κ3) is 3.28. The molecule has 1 aliphatic rings. The zero-order chi connectivity index (χ0) is 16.6. The highest BCUT2D eigenvalue weighted by molar-refractivity contribution is 5.79. The standard InChI is InChI=1S/C16H19F3N4/c1-22-9-11(8-21-22)14-7-13(4-5-15(14)20)23-6-2-3-12(10-23)16(17,18)19/h4-5,7-9,12H,2-3,6,10,20H2,1H3. The molecule has 1 atom stereocenters. The minimum absolute atomic E-state index is 0.000101. The Labute approximate surface area is 132 Å². The van der Waals surface area contributed by atoms with Crippen LogP contribution in [0.3, 0.4) is 0 Å². The Bertz CT molecular complexity index is 693. The molecule has 2 heterocycles. The van der Waals surface area contributed by atoms with E-state index in [0.29, 0.717) is 18.7 Å². The number of benzene rings is 1. The molecule has 23 heavy (non-hydrogen) atoms. The fraction of sp³-hybridized carbons (Fsp3) is 0.438. The minimum Gasteiger partial charge on any atom is -0.398 e. The van der Waals surface area contributed by atoms with E-state index < -0.39 is 12.1 Å². The summed E-state index contributed by atoms with van der Waals surface area (Å²) in [4.78, 5) is 1.79. The number of anilines is 2. The van der Waals surface area contributed by atoms with Gasteiger partial charge in [-0.2, -0.15) is 18.3 Å². The average molecular weight is 324 g/mol. The predicted molar refractivity (Wildman–Crippen MR) is 84.0 cm³/mol. The van der Waals surface area contributed by atoms with Gasteiger partial charge in [0.1, 0.15) is 0 Å². The van der Waals surface area contributed by atoms with Crippen LogP contribution >= 0.6 is 0 Å². The first-order valence-electron chi connectivity index (χ1n) is 7.55. The molecule has 1 aromatic carbocycles. The number of nitrogens with two attached hydrogens (primary N) is 1. The Kier molecular flexibility index (Phi) is 3.95. The van der Waals surface area contributed by atoms with Crippen LogP contribution in [-0.4, -0.2) is 29.0 Å². The summed E-state index contributed by atoms with van der Waals surface area (Å²) in [6, 6.07) is 5.38. The van der Waals surface area contributed by atoms with Crippen LogP contribution in [0.2, 0.25) is 0 Å². The predicted octanol–water partition coefficient (Wildman–Crippen LogP) is 3.45. The van der Waals surface area contributed by atoms with Gasteiger partial charge in [-0.3, -0.25) is 4.68 Å². The first-order chi connectivity index (χ1) is 10.8. The van der Waals surface area contributed by atoms with E-state index in [1.165, 1.54) is 0 Å². The van der Waals surface area contributed by atoms with Crippen LogP contribution in [0.15, 0.2) is 30.6 Å². The van der Waals surface area contributed by atoms with Crippen molar-refractivity contribution >= 4 is 11.4 Å². The summed E-state index contributed by atoms with van der Waals surface area (Å²) in [6.45, 7) is 0.628. The van der Waals surface area contributed by atoms with Gasteiger partial charge in [-0.15, -0.1) is 0 Å². The van der Waals surface area contributed by atoms with Gasteiger partial charge < -0.3 is 10.6 Å². The highest BCUT2D eigenvalue weighted by Crippen LogP contribution is 2.36. The molecule has 1 aliphatic heterocycles. The zero-order valence-corrected chi connectivity index (χ0v) is 12.8. The monoisotopic (exact) mass is 324 g/mol. The molecule has 0 amide bonds. The highest BCUT2D eigenvalue weighted by Gasteiger charge is 2.41. The van der Waals surface area contributed by atoms with Crippen molar-refractivity contribution in [2.45, 2.75) is 19.0 Å². The van der Waals surface area contributed by atoms with E-state index in [0.717, 1.165) is 16.8 Å². The van der Waals surface area contributed by atoms with Crippen LogP contribution in [0.1, 0.15) is 12.8 Å². The van der Waals surface area contributed by atoms with E-state index in [1.807, 2.05) is 19.3 Å². The van der Waals surface area contributed by atoms with Gasteiger partial charge in [0.2, 0.25) is 0 Å². The number of alkyl halides is 3. The van der Waals surface area contributed by atoms with Gasteiger partial charge in [0.25, 0.3) is 0 Å². The minimum atomic E-state index is -4.14. The topological polar surface area (TPSA) is 47.1 Å². The second-order valence-corrected chi connectivity index (χ2v) is 6.00. The summed E-state index contributed by atoms with van der Waals surface area (Å²) in [5.74, 6) is -1.27. The third-order valence-electron chi connectivity index (χ3n) is 4.30. The Morgan fingerprint density at radius 2 is 2.09 bits per heavy atom. The Balaban J connectivity index is 1.89. The summed E-state index contributed by atoms with van der Waals surface area (Å²) in [5.41, 5.74) is 9.03. The van der Waals surface area contributed by atoms with Crippen molar-refractivity contribution in [3.8, 4) is 11.1 Å². The number of nitrogens with zero attached hydrogens (tertiary/aromatic N) is 3. The smallest absolute Gasteiger partial charge is 0.393 e. The molecule has 0 aliphatic carbocycles. The van der Waals surface area contributed by atoms with Crippen molar-refractivity contribution in [2.75, 3.05) is 23.7 Å². The lowest BCUT2D eigenvalue weighted by molar-refractivity contribution is -0.175. The maximum Gasteiger partial charge on any atom is 0.393 e. The van der Waals surface area contributed by atoms with E-state index >= 15 is 0 Å². The van der Waals surface area contributed by atoms with Crippen LogP contribution < -0.4 is 10.6 Å². The second-order valence-electron chi connectivity index (χ2n) is 6.00. The molecule has 3 rings (SSSR count). The largest absolute Gasteiger partial charge is 0.398 e. The Morgan fingerprint density at radius 1 is 1.30 bits per heavy atom. The molecule has 1 unspecified atom stereocenters. The van der Waals surface area contributed by atoms with Crippen molar-refractivity contribution in [1.29, 1.82) is 0 Å². The molecule has 1 fully saturated rings. The van der Waals surface area contributed by atoms with Crippen molar-refractivity contribution < 1.29 is 13.2 Å². The lowest BCUT2D eigenvalue weighted by Gasteiger charge is -2.35. The van der Waals surface area contributed by atoms with Crippen LogP contribution in [0.4, 0.5) is 24.5 Å². The maximum absolute atomic E-state index is 13.0. The van der Waals surface area contributed by atoms with Gasteiger partial charge in [0.15, 0.2) is 0 Å². The third-order valence-corrected chi connectivity index (χ3v) is 4.30. The van der Waals surface area contributed by atoms with Crippen LogP contribution in [0.5, 0.6) is 0 Å². The maximum atomic E-state index is 13.0. The molecule has 0 saturated carbocycles. The first kappa shape index (κ1) is 15.7. The molecule has 2 aromatic rings. The van der Waals surface area contributed by atoms with Crippen molar-refractivity contribution in [1.82, 2.24) is 9.78 Å². The van der Waals surface area contributed by atoms with Gasteiger partial charge in [0.05, 0.1) is 12.1 Å².